The second kappa shape index (κ2) is 5.29. The van der Waals surface area contributed by atoms with Crippen molar-refractivity contribution in [1.29, 1.82) is 0 Å². The zero-order valence-corrected chi connectivity index (χ0v) is 10.8. The molecule has 0 unspecified atom stereocenters. The quantitative estimate of drug-likeness (QED) is 0.859. The third-order valence-electron chi connectivity index (χ3n) is 3.55. The largest absolute Gasteiger partial charge is 0.377 e. The van der Waals surface area contributed by atoms with Gasteiger partial charge in [-0.3, -0.25) is 0 Å². The number of fused-ring (bicyclic) bond motifs is 1. The van der Waals surface area contributed by atoms with E-state index in [1.165, 1.54) is 16.8 Å². The topological polar surface area (TPSA) is 38.0 Å². The van der Waals surface area contributed by atoms with Crippen LogP contribution < -0.4 is 11.1 Å². The van der Waals surface area contributed by atoms with Gasteiger partial charge in [-0.15, -0.1) is 0 Å². The molecular formula is C17H18N2. The van der Waals surface area contributed by atoms with E-state index in [4.69, 9.17) is 5.73 Å². The minimum Gasteiger partial charge on any atom is -0.377 e. The van der Waals surface area contributed by atoms with Crippen molar-refractivity contribution in [3.05, 3.63) is 71.8 Å². The first kappa shape index (κ1) is 12.0. The molecule has 0 radical (unpaired) electrons. The second-order valence-electron chi connectivity index (χ2n) is 4.97. The van der Waals surface area contributed by atoms with Gasteiger partial charge in [-0.05, 0) is 23.6 Å². The van der Waals surface area contributed by atoms with Gasteiger partial charge in [0, 0.05) is 11.7 Å². The van der Waals surface area contributed by atoms with E-state index in [1.54, 1.807) is 0 Å². The smallest absolute Gasteiger partial charge is 0.0602 e. The molecule has 2 heteroatoms. The van der Waals surface area contributed by atoms with E-state index in [1.807, 2.05) is 18.2 Å². The van der Waals surface area contributed by atoms with E-state index in [2.05, 4.69) is 53.9 Å². The zero-order chi connectivity index (χ0) is 13.1. The summed E-state index contributed by atoms with van der Waals surface area (Å²) in [6, 6.07) is 19.0. The summed E-state index contributed by atoms with van der Waals surface area (Å²) in [4.78, 5) is 0. The molecule has 1 aliphatic heterocycles. The van der Waals surface area contributed by atoms with E-state index in [0.717, 1.165) is 6.42 Å². The molecule has 2 aromatic rings. The van der Waals surface area contributed by atoms with Crippen molar-refractivity contribution >= 4 is 11.8 Å². The molecule has 1 heterocycles. The number of anilines is 1. The lowest BCUT2D eigenvalue weighted by atomic mass is 9.93. The van der Waals surface area contributed by atoms with Crippen molar-refractivity contribution in [3.63, 3.8) is 0 Å². The lowest BCUT2D eigenvalue weighted by Gasteiger charge is -2.30. The fraction of sp³-hybridized carbons (Fsp3) is 0.176. The number of para-hydroxylation sites is 1. The van der Waals surface area contributed by atoms with Gasteiger partial charge in [0.2, 0.25) is 0 Å². The third-order valence-corrected chi connectivity index (χ3v) is 3.55. The molecule has 0 fully saturated rings. The Kier molecular flexibility index (Phi) is 3.34. The van der Waals surface area contributed by atoms with Gasteiger partial charge in [0.05, 0.1) is 6.04 Å². The Bertz CT molecular complexity index is 575. The maximum absolute atomic E-state index is 6.24. The normalized spacial score (nSPS) is 21.9. The molecule has 96 valence electrons. The average Bonchev–Trinajstić information content (AvgIpc) is 2.46. The van der Waals surface area contributed by atoms with Crippen LogP contribution in [0.3, 0.4) is 0 Å². The first-order valence-electron chi connectivity index (χ1n) is 6.66. The summed E-state index contributed by atoms with van der Waals surface area (Å²) in [7, 11) is 0. The predicted molar refractivity (Wildman–Crippen MR) is 81.0 cm³/mol. The lowest BCUT2D eigenvalue weighted by molar-refractivity contribution is 0.606. The van der Waals surface area contributed by atoms with Crippen LogP contribution in [-0.2, 0) is 6.42 Å². The highest BCUT2D eigenvalue weighted by molar-refractivity contribution is 5.58. The summed E-state index contributed by atoms with van der Waals surface area (Å²) in [6.45, 7) is 0. The Hall–Kier alpha value is -2.06. The van der Waals surface area contributed by atoms with Gasteiger partial charge in [0.25, 0.3) is 0 Å². The van der Waals surface area contributed by atoms with E-state index in [0.29, 0.717) is 0 Å². The summed E-state index contributed by atoms with van der Waals surface area (Å²) in [6.07, 6.45) is 5.22. The Balaban J connectivity index is 1.78. The molecule has 3 N–H and O–H groups in total. The van der Waals surface area contributed by atoms with Gasteiger partial charge >= 0.3 is 0 Å². The van der Waals surface area contributed by atoms with E-state index in [-0.39, 0.29) is 12.1 Å². The number of nitrogens with one attached hydrogen (secondary N) is 1. The number of hydrogen-bond acceptors (Lipinski definition) is 2. The van der Waals surface area contributed by atoms with Crippen LogP contribution in [0, 0.1) is 0 Å². The fourth-order valence-electron chi connectivity index (χ4n) is 2.48. The van der Waals surface area contributed by atoms with Crippen LogP contribution in [0.1, 0.15) is 11.1 Å². The van der Waals surface area contributed by atoms with Gasteiger partial charge < -0.3 is 11.1 Å². The number of benzene rings is 2. The van der Waals surface area contributed by atoms with Crippen LogP contribution in [-0.4, -0.2) is 12.1 Å². The molecule has 2 nitrogen and oxygen atoms in total. The lowest BCUT2D eigenvalue weighted by Crippen LogP contribution is -2.43. The molecular weight excluding hydrogens is 232 g/mol. The predicted octanol–water partition coefficient (Wildman–Crippen LogP) is 3.06. The maximum atomic E-state index is 6.24. The summed E-state index contributed by atoms with van der Waals surface area (Å²) >= 11 is 0. The van der Waals surface area contributed by atoms with Crippen molar-refractivity contribution < 1.29 is 0 Å². The summed E-state index contributed by atoms with van der Waals surface area (Å²) in [5.74, 6) is 0. The van der Waals surface area contributed by atoms with E-state index in [9.17, 15) is 0 Å². The van der Waals surface area contributed by atoms with Crippen LogP contribution in [0.4, 0.5) is 5.69 Å². The molecule has 19 heavy (non-hydrogen) atoms. The van der Waals surface area contributed by atoms with Gasteiger partial charge in [-0.1, -0.05) is 60.7 Å². The van der Waals surface area contributed by atoms with Crippen molar-refractivity contribution in [2.24, 2.45) is 5.73 Å². The highest BCUT2D eigenvalue weighted by atomic mass is 15.0. The minimum absolute atomic E-state index is 0.120. The van der Waals surface area contributed by atoms with Crippen LogP contribution in [0.5, 0.6) is 0 Å². The molecule has 0 aliphatic carbocycles. The highest BCUT2D eigenvalue weighted by Crippen LogP contribution is 2.24. The first-order valence-corrected chi connectivity index (χ1v) is 6.66. The molecule has 0 saturated heterocycles. The summed E-state index contributed by atoms with van der Waals surface area (Å²) < 4.78 is 0. The molecule has 0 saturated carbocycles. The van der Waals surface area contributed by atoms with Gasteiger partial charge in [0.15, 0.2) is 0 Å². The monoisotopic (exact) mass is 250 g/mol. The molecule has 1 aliphatic rings. The average molecular weight is 250 g/mol. The fourth-order valence-corrected chi connectivity index (χ4v) is 2.48. The van der Waals surface area contributed by atoms with Gasteiger partial charge in [-0.25, -0.2) is 0 Å². The van der Waals surface area contributed by atoms with Crippen molar-refractivity contribution in [2.75, 3.05) is 5.32 Å². The minimum atomic E-state index is 0.120. The van der Waals surface area contributed by atoms with Crippen LogP contribution in [0.2, 0.25) is 0 Å². The number of hydrogen-bond donors (Lipinski definition) is 2. The molecule has 2 atom stereocenters. The van der Waals surface area contributed by atoms with E-state index >= 15 is 0 Å². The maximum Gasteiger partial charge on any atom is 0.0602 e. The molecule has 0 aromatic heterocycles. The molecule has 0 bridgehead atoms. The molecule has 0 amide bonds. The molecule has 2 aromatic carbocycles. The van der Waals surface area contributed by atoms with Gasteiger partial charge in [-0.2, -0.15) is 0 Å². The van der Waals surface area contributed by atoms with Crippen molar-refractivity contribution in [3.8, 4) is 0 Å². The van der Waals surface area contributed by atoms with Crippen LogP contribution in [0.25, 0.3) is 6.08 Å². The standard InChI is InChI=1S/C17H18N2/c18-15-12-14-8-4-5-9-16(14)19-17(15)11-10-13-6-2-1-3-7-13/h1-11,15,17,19H,12,18H2/b11-10+/t15-,17-/m0/s1. The Labute approximate surface area is 114 Å². The number of rotatable bonds is 2. The molecule has 3 rings (SSSR count). The summed E-state index contributed by atoms with van der Waals surface area (Å²) in [5, 5.41) is 3.51. The van der Waals surface area contributed by atoms with E-state index < -0.39 is 0 Å². The van der Waals surface area contributed by atoms with Crippen molar-refractivity contribution in [2.45, 2.75) is 18.5 Å². The Morgan fingerprint density at radius 2 is 1.74 bits per heavy atom. The highest BCUT2D eigenvalue weighted by Gasteiger charge is 2.22. The van der Waals surface area contributed by atoms with Crippen LogP contribution >= 0.6 is 0 Å². The summed E-state index contributed by atoms with van der Waals surface area (Å²) in [5.41, 5.74) is 9.95. The Morgan fingerprint density at radius 1 is 1.00 bits per heavy atom. The third kappa shape index (κ3) is 2.69. The first-order chi connectivity index (χ1) is 9.33. The molecule has 0 spiro atoms. The number of nitrogens with two attached hydrogens (primary N) is 1. The SMILES string of the molecule is N[C@H]1Cc2ccccc2N[C@H]1/C=C/c1ccccc1. The van der Waals surface area contributed by atoms with Crippen molar-refractivity contribution in [1.82, 2.24) is 0 Å². The van der Waals surface area contributed by atoms with Crippen LogP contribution in [0.15, 0.2) is 60.7 Å². The van der Waals surface area contributed by atoms with Gasteiger partial charge in [0.1, 0.15) is 0 Å². The Morgan fingerprint density at radius 3 is 2.58 bits per heavy atom. The second-order valence-corrected chi connectivity index (χ2v) is 4.97. The zero-order valence-electron chi connectivity index (χ0n) is 10.8.